The number of rotatable bonds is 4. The van der Waals surface area contributed by atoms with Gasteiger partial charge in [0.25, 0.3) is 0 Å². The normalized spacial score (nSPS) is 12.0. The van der Waals surface area contributed by atoms with Gasteiger partial charge in [-0.15, -0.1) is 8.42 Å². The standard InChI is InChI=1S/C16H8Br2Cl2N2O4S/c17-9-1-3-11-7(15(9)19)5-13(21-11)25-27(23,24)26-14-6-8-12(22-14)4-2-10(18)16(8)20/h1-6,21-22H. The summed E-state index contributed by atoms with van der Waals surface area (Å²) in [6.45, 7) is 0. The Morgan fingerprint density at radius 1 is 0.778 bits per heavy atom. The molecule has 2 N–H and O–H groups in total. The van der Waals surface area contributed by atoms with Gasteiger partial charge in [-0.05, 0) is 56.1 Å². The number of halogens is 4. The minimum atomic E-state index is -4.40. The van der Waals surface area contributed by atoms with Gasteiger partial charge in [-0.2, -0.15) is 0 Å². The Morgan fingerprint density at radius 2 is 1.19 bits per heavy atom. The van der Waals surface area contributed by atoms with E-state index in [4.69, 9.17) is 31.6 Å². The SMILES string of the molecule is O=S(=O)(Oc1cc2c(Cl)c(Br)ccc2[nH]1)Oc1cc2c(Cl)c(Br)ccc2[nH]1. The first-order valence-corrected chi connectivity index (χ1v) is 11.0. The summed E-state index contributed by atoms with van der Waals surface area (Å²) in [5.41, 5.74) is 1.24. The molecule has 2 aromatic heterocycles. The highest BCUT2D eigenvalue weighted by Crippen LogP contribution is 2.35. The summed E-state index contributed by atoms with van der Waals surface area (Å²) in [5.74, 6) is -0.0521. The molecule has 0 aliphatic rings. The number of hydrogen-bond donors (Lipinski definition) is 2. The minimum absolute atomic E-state index is 0.0260. The van der Waals surface area contributed by atoms with Crippen LogP contribution in [0, 0.1) is 0 Å². The molecule has 6 nitrogen and oxygen atoms in total. The van der Waals surface area contributed by atoms with E-state index >= 15 is 0 Å². The van der Waals surface area contributed by atoms with Crippen molar-refractivity contribution in [1.29, 1.82) is 0 Å². The second-order valence-corrected chi connectivity index (χ2v) is 9.10. The molecule has 0 aliphatic carbocycles. The first-order valence-electron chi connectivity index (χ1n) is 7.31. The van der Waals surface area contributed by atoms with Gasteiger partial charge in [0.15, 0.2) is 0 Å². The Morgan fingerprint density at radius 3 is 1.59 bits per heavy atom. The summed E-state index contributed by atoms with van der Waals surface area (Å²) in [6, 6.07) is 9.90. The third-order valence-corrected chi connectivity index (χ3v) is 7.08. The van der Waals surface area contributed by atoms with Crippen molar-refractivity contribution in [3.05, 3.63) is 55.4 Å². The monoisotopic (exact) mass is 552 g/mol. The number of aromatic nitrogens is 2. The summed E-state index contributed by atoms with van der Waals surface area (Å²) in [6.07, 6.45) is 0. The van der Waals surface area contributed by atoms with Gasteiger partial charge in [0.1, 0.15) is 0 Å². The molecular weight excluding hydrogens is 547 g/mol. The van der Waals surface area contributed by atoms with E-state index in [1.807, 2.05) is 0 Å². The first-order chi connectivity index (χ1) is 12.7. The van der Waals surface area contributed by atoms with Crippen LogP contribution in [0.2, 0.25) is 10.0 Å². The van der Waals surface area contributed by atoms with Crippen molar-refractivity contribution in [2.75, 3.05) is 0 Å². The molecule has 2 heterocycles. The molecule has 0 atom stereocenters. The smallest absolute Gasteiger partial charge is 0.334 e. The topological polar surface area (TPSA) is 84.2 Å². The summed E-state index contributed by atoms with van der Waals surface area (Å²) < 4.78 is 35.9. The molecule has 140 valence electrons. The number of benzene rings is 2. The molecule has 4 rings (SSSR count). The molecule has 0 saturated heterocycles. The van der Waals surface area contributed by atoms with Crippen molar-refractivity contribution in [2.24, 2.45) is 0 Å². The van der Waals surface area contributed by atoms with E-state index in [0.717, 1.165) is 0 Å². The van der Waals surface area contributed by atoms with E-state index in [1.54, 1.807) is 24.3 Å². The van der Waals surface area contributed by atoms with Gasteiger partial charge in [0, 0.05) is 42.9 Å². The van der Waals surface area contributed by atoms with Crippen molar-refractivity contribution >= 4 is 87.3 Å². The lowest BCUT2D eigenvalue weighted by atomic mass is 10.2. The lowest BCUT2D eigenvalue weighted by Crippen LogP contribution is -2.16. The molecule has 0 spiro atoms. The van der Waals surface area contributed by atoms with Crippen LogP contribution < -0.4 is 8.37 Å². The van der Waals surface area contributed by atoms with E-state index in [2.05, 4.69) is 41.8 Å². The number of nitrogens with one attached hydrogen (secondary N) is 2. The van der Waals surface area contributed by atoms with Crippen molar-refractivity contribution in [2.45, 2.75) is 0 Å². The third-order valence-electron chi connectivity index (χ3n) is 3.72. The Bertz CT molecular complexity index is 1210. The Balaban J connectivity index is 1.63. The van der Waals surface area contributed by atoms with E-state index in [1.165, 1.54) is 12.1 Å². The molecule has 0 saturated carbocycles. The summed E-state index contributed by atoms with van der Waals surface area (Å²) in [5, 5.41) is 2.09. The van der Waals surface area contributed by atoms with E-state index < -0.39 is 10.4 Å². The maximum atomic E-state index is 12.3. The van der Waals surface area contributed by atoms with Crippen LogP contribution in [-0.2, 0) is 10.4 Å². The number of H-pyrrole nitrogens is 2. The number of hydrogen-bond acceptors (Lipinski definition) is 4. The van der Waals surface area contributed by atoms with Crippen molar-refractivity contribution in [3.8, 4) is 11.8 Å². The molecule has 27 heavy (non-hydrogen) atoms. The summed E-state index contributed by atoms with van der Waals surface area (Å²) in [4.78, 5) is 5.65. The fourth-order valence-electron chi connectivity index (χ4n) is 2.56. The molecule has 0 fully saturated rings. The molecule has 2 aromatic carbocycles. The molecule has 0 radical (unpaired) electrons. The Labute approximate surface area is 180 Å². The van der Waals surface area contributed by atoms with E-state index in [-0.39, 0.29) is 11.8 Å². The van der Waals surface area contributed by atoms with Gasteiger partial charge in [0.2, 0.25) is 11.8 Å². The van der Waals surface area contributed by atoms with Crippen LogP contribution in [-0.4, -0.2) is 18.4 Å². The Kier molecular flexibility index (Phi) is 4.84. The van der Waals surface area contributed by atoms with Gasteiger partial charge in [-0.1, -0.05) is 23.2 Å². The molecule has 4 aromatic rings. The van der Waals surface area contributed by atoms with Crippen LogP contribution in [0.5, 0.6) is 11.8 Å². The minimum Gasteiger partial charge on any atom is -0.334 e. The largest absolute Gasteiger partial charge is 0.503 e. The molecule has 11 heteroatoms. The summed E-state index contributed by atoms with van der Waals surface area (Å²) in [7, 11) is -4.40. The number of aromatic amines is 2. The van der Waals surface area contributed by atoms with E-state index in [0.29, 0.717) is 40.8 Å². The average molecular weight is 555 g/mol. The fraction of sp³-hybridized carbons (Fsp3) is 0. The quantitative estimate of drug-likeness (QED) is 0.315. The van der Waals surface area contributed by atoms with Crippen LogP contribution >= 0.6 is 55.1 Å². The van der Waals surface area contributed by atoms with Gasteiger partial charge in [-0.3, -0.25) is 0 Å². The van der Waals surface area contributed by atoms with Crippen molar-refractivity contribution in [3.63, 3.8) is 0 Å². The maximum Gasteiger partial charge on any atom is 0.503 e. The summed E-state index contributed by atoms with van der Waals surface area (Å²) >= 11 is 19.0. The fourth-order valence-corrected chi connectivity index (χ4v) is 4.34. The van der Waals surface area contributed by atoms with Crippen LogP contribution in [0.25, 0.3) is 21.8 Å². The molecule has 0 bridgehead atoms. The lowest BCUT2D eigenvalue weighted by Gasteiger charge is -2.04. The van der Waals surface area contributed by atoms with Crippen LogP contribution in [0.15, 0.2) is 45.3 Å². The molecular formula is C16H8Br2Cl2N2O4S. The van der Waals surface area contributed by atoms with Gasteiger partial charge >= 0.3 is 10.4 Å². The zero-order valence-electron chi connectivity index (χ0n) is 13.0. The average Bonchev–Trinajstić information content (AvgIpc) is 3.18. The zero-order valence-corrected chi connectivity index (χ0v) is 18.5. The van der Waals surface area contributed by atoms with E-state index in [9.17, 15) is 8.42 Å². The van der Waals surface area contributed by atoms with Gasteiger partial charge in [0.05, 0.1) is 10.0 Å². The van der Waals surface area contributed by atoms with Crippen molar-refractivity contribution in [1.82, 2.24) is 9.97 Å². The lowest BCUT2D eigenvalue weighted by molar-refractivity contribution is 0.384. The van der Waals surface area contributed by atoms with Crippen LogP contribution in [0.3, 0.4) is 0 Å². The molecule has 0 aliphatic heterocycles. The predicted octanol–water partition coefficient (Wildman–Crippen LogP) is 6.18. The first kappa shape index (κ1) is 18.9. The molecule has 0 unspecified atom stereocenters. The maximum absolute atomic E-state index is 12.3. The van der Waals surface area contributed by atoms with Crippen LogP contribution in [0.1, 0.15) is 0 Å². The second kappa shape index (κ2) is 6.89. The highest BCUT2D eigenvalue weighted by molar-refractivity contribution is 9.10. The highest BCUT2D eigenvalue weighted by atomic mass is 79.9. The van der Waals surface area contributed by atoms with Gasteiger partial charge in [-0.25, -0.2) is 0 Å². The van der Waals surface area contributed by atoms with Crippen LogP contribution in [0.4, 0.5) is 0 Å². The predicted molar refractivity (Wildman–Crippen MR) is 112 cm³/mol. The second-order valence-electron chi connectivity index (χ2n) is 5.49. The number of fused-ring (bicyclic) bond motifs is 2. The van der Waals surface area contributed by atoms with Crippen molar-refractivity contribution < 1.29 is 16.8 Å². The highest BCUT2D eigenvalue weighted by Gasteiger charge is 2.20. The molecule has 0 amide bonds. The Hall–Kier alpha value is -1.39. The zero-order chi connectivity index (χ0) is 19.3. The van der Waals surface area contributed by atoms with Gasteiger partial charge < -0.3 is 18.3 Å². The third kappa shape index (κ3) is 3.66.